The highest BCUT2D eigenvalue weighted by molar-refractivity contribution is 5.55. The minimum absolute atomic E-state index is 0.211. The maximum absolute atomic E-state index is 13.6. The average molecular weight is 224 g/mol. The quantitative estimate of drug-likeness (QED) is 0.767. The van der Waals surface area contributed by atoms with Gasteiger partial charge in [0.2, 0.25) is 0 Å². The largest absolute Gasteiger partial charge is 0.399 e. The van der Waals surface area contributed by atoms with Gasteiger partial charge in [0.1, 0.15) is 5.82 Å². The zero-order chi connectivity index (χ0) is 11.5. The molecule has 1 aromatic carbocycles. The fourth-order valence-corrected chi connectivity index (χ4v) is 2.25. The van der Waals surface area contributed by atoms with E-state index in [1.54, 1.807) is 12.1 Å². The standard InChI is InChI=1S/C12H17FN2O/c13-11-7-10(14)1-2-12(11)15-5-3-9(8-15)4-6-16/h1-2,7,9,16H,3-6,8,14H2. The molecule has 0 saturated carbocycles. The summed E-state index contributed by atoms with van der Waals surface area (Å²) in [6.07, 6.45) is 1.82. The normalized spacial score (nSPS) is 20.4. The van der Waals surface area contributed by atoms with Crippen molar-refractivity contribution in [3.05, 3.63) is 24.0 Å². The Bertz CT molecular complexity index is 370. The predicted molar refractivity (Wildman–Crippen MR) is 62.8 cm³/mol. The molecule has 0 aliphatic carbocycles. The first-order chi connectivity index (χ1) is 7.70. The summed E-state index contributed by atoms with van der Waals surface area (Å²) >= 11 is 0. The van der Waals surface area contributed by atoms with Crippen molar-refractivity contribution >= 4 is 11.4 Å². The van der Waals surface area contributed by atoms with Crippen LogP contribution in [0.4, 0.5) is 15.8 Å². The van der Waals surface area contributed by atoms with Crippen molar-refractivity contribution in [2.24, 2.45) is 5.92 Å². The molecule has 3 N–H and O–H groups in total. The van der Waals surface area contributed by atoms with Gasteiger partial charge in [0.15, 0.2) is 0 Å². The van der Waals surface area contributed by atoms with Crippen LogP contribution in [0.15, 0.2) is 18.2 Å². The van der Waals surface area contributed by atoms with E-state index in [0.717, 1.165) is 25.9 Å². The summed E-state index contributed by atoms with van der Waals surface area (Å²) in [5, 5.41) is 8.87. The number of anilines is 2. The van der Waals surface area contributed by atoms with Crippen molar-refractivity contribution in [1.29, 1.82) is 0 Å². The topological polar surface area (TPSA) is 49.5 Å². The lowest BCUT2D eigenvalue weighted by Crippen LogP contribution is -2.21. The van der Waals surface area contributed by atoms with Crippen molar-refractivity contribution in [2.45, 2.75) is 12.8 Å². The van der Waals surface area contributed by atoms with E-state index in [-0.39, 0.29) is 12.4 Å². The van der Waals surface area contributed by atoms with Gasteiger partial charge in [-0.25, -0.2) is 4.39 Å². The molecule has 1 saturated heterocycles. The molecule has 1 aromatic rings. The molecule has 2 rings (SSSR count). The van der Waals surface area contributed by atoms with Crippen LogP contribution in [-0.2, 0) is 0 Å². The van der Waals surface area contributed by atoms with Crippen molar-refractivity contribution in [2.75, 3.05) is 30.3 Å². The molecule has 16 heavy (non-hydrogen) atoms. The third kappa shape index (κ3) is 2.27. The second kappa shape index (κ2) is 4.70. The minimum atomic E-state index is -0.260. The average Bonchev–Trinajstić information content (AvgIpc) is 2.67. The number of nitrogens with zero attached hydrogens (tertiary/aromatic N) is 1. The molecular weight excluding hydrogens is 207 g/mol. The molecule has 0 aromatic heterocycles. The minimum Gasteiger partial charge on any atom is -0.399 e. The highest BCUT2D eigenvalue weighted by Gasteiger charge is 2.23. The number of benzene rings is 1. The fraction of sp³-hybridized carbons (Fsp3) is 0.500. The monoisotopic (exact) mass is 224 g/mol. The number of aliphatic hydroxyl groups excluding tert-OH is 1. The van der Waals surface area contributed by atoms with Gasteiger partial charge in [-0.15, -0.1) is 0 Å². The Labute approximate surface area is 94.7 Å². The lowest BCUT2D eigenvalue weighted by molar-refractivity contribution is 0.263. The maximum Gasteiger partial charge on any atom is 0.148 e. The Hall–Kier alpha value is -1.29. The van der Waals surface area contributed by atoms with E-state index in [4.69, 9.17) is 10.8 Å². The van der Waals surface area contributed by atoms with Crippen LogP contribution in [0.5, 0.6) is 0 Å². The van der Waals surface area contributed by atoms with Crippen LogP contribution in [0.25, 0.3) is 0 Å². The van der Waals surface area contributed by atoms with E-state index < -0.39 is 0 Å². The van der Waals surface area contributed by atoms with Gasteiger partial charge in [-0.3, -0.25) is 0 Å². The van der Waals surface area contributed by atoms with Crippen molar-refractivity contribution in [3.8, 4) is 0 Å². The van der Waals surface area contributed by atoms with E-state index in [0.29, 0.717) is 17.3 Å². The number of hydrogen-bond donors (Lipinski definition) is 2. The number of hydrogen-bond acceptors (Lipinski definition) is 3. The number of aliphatic hydroxyl groups is 1. The van der Waals surface area contributed by atoms with E-state index in [2.05, 4.69) is 0 Å². The molecule has 1 unspecified atom stereocenters. The van der Waals surface area contributed by atoms with Gasteiger partial charge in [0, 0.05) is 25.4 Å². The first kappa shape index (κ1) is 11.2. The molecule has 1 aliphatic rings. The summed E-state index contributed by atoms with van der Waals surface area (Å²) in [6.45, 7) is 1.88. The van der Waals surface area contributed by atoms with Crippen molar-refractivity contribution in [1.82, 2.24) is 0 Å². The summed E-state index contributed by atoms with van der Waals surface area (Å²) in [4.78, 5) is 2.02. The SMILES string of the molecule is Nc1ccc(N2CCC(CCO)C2)c(F)c1. The molecule has 4 heteroatoms. The molecule has 1 aliphatic heterocycles. The molecule has 0 spiro atoms. The highest BCUT2D eigenvalue weighted by atomic mass is 19.1. The van der Waals surface area contributed by atoms with Crippen LogP contribution in [0.3, 0.4) is 0 Å². The van der Waals surface area contributed by atoms with E-state index in [1.165, 1.54) is 6.07 Å². The zero-order valence-electron chi connectivity index (χ0n) is 9.19. The molecule has 1 fully saturated rings. The molecule has 3 nitrogen and oxygen atoms in total. The van der Waals surface area contributed by atoms with Crippen LogP contribution >= 0.6 is 0 Å². The van der Waals surface area contributed by atoms with Gasteiger partial charge in [0.05, 0.1) is 5.69 Å². The molecule has 1 atom stereocenters. The van der Waals surface area contributed by atoms with Crippen molar-refractivity contribution < 1.29 is 9.50 Å². The first-order valence-corrected chi connectivity index (χ1v) is 5.61. The molecule has 88 valence electrons. The highest BCUT2D eigenvalue weighted by Crippen LogP contribution is 2.28. The van der Waals surface area contributed by atoms with Crippen LogP contribution in [0, 0.1) is 11.7 Å². The van der Waals surface area contributed by atoms with E-state index in [9.17, 15) is 4.39 Å². The van der Waals surface area contributed by atoms with Gasteiger partial charge >= 0.3 is 0 Å². The number of nitrogens with two attached hydrogens (primary N) is 1. The van der Waals surface area contributed by atoms with E-state index in [1.807, 2.05) is 4.90 Å². The van der Waals surface area contributed by atoms with Gasteiger partial charge in [-0.1, -0.05) is 0 Å². The smallest absolute Gasteiger partial charge is 0.148 e. The number of halogens is 1. The first-order valence-electron chi connectivity index (χ1n) is 5.61. The second-order valence-corrected chi connectivity index (χ2v) is 4.32. The number of nitrogen functional groups attached to an aromatic ring is 1. The summed E-state index contributed by atoms with van der Waals surface area (Å²) in [5.74, 6) is 0.214. The lowest BCUT2D eigenvalue weighted by Gasteiger charge is -2.19. The van der Waals surface area contributed by atoms with Gasteiger partial charge < -0.3 is 15.7 Å². The van der Waals surface area contributed by atoms with Crippen LogP contribution in [0.2, 0.25) is 0 Å². The summed E-state index contributed by atoms with van der Waals surface area (Å²) in [5.41, 5.74) is 6.58. The Balaban J connectivity index is 2.08. The molecular formula is C12H17FN2O. The Morgan fingerprint density at radius 1 is 1.50 bits per heavy atom. The molecule has 0 radical (unpaired) electrons. The third-order valence-electron chi connectivity index (χ3n) is 3.14. The van der Waals surface area contributed by atoms with Gasteiger partial charge in [-0.05, 0) is 37.0 Å². The van der Waals surface area contributed by atoms with Crippen LogP contribution in [-0.4, -0.2) is 24.8 Å². The fourth-order valence-electron chi connectivity index (χ4n) is 2.25. The predicted octanol–water partition coefficient (Wildman–Crippen LogP) is 1.62. The molecule has 0 bridgehead atoms. The van der Waals surface area contributed by atoms with Gasteiger partial charge in [0.25, 0.3) is 0 Å². The summed E-state index contributed by atoms with van der Waals surface area (Å²) in [7, 11) is 0. The third-order valence-corrected chi connectivity index (χ3v) is 3.14. The second-order valence-electron chi connectivity index (χ2n) is 4.32. The van der Waals surface area contributed by atoms with E-state index >= 15 is 0 Å². The number of rotatable bonds is 3. The van der Waals surface area contributed by atoms with Gasteiger partial charge in [-0.2, -0.15) is 0 Å². The summed E-state index contributed by atoms with van der Waals surface area (Å²) in [6, 6.07) is 4.80. The zero-order valence-corrected chi connectivity index (χ0v) is 9.19. The molecule has 1 heterocycles. The Kier molecular flexibility index (Phi) is 3.29. The van der Waals surface area contributed by atoms with Crippen molar-refractivity contribution in [3.63, 3.8) is 0 Å². The Morgan fingerprint density at radius 3 is 3.00 bits per heavy atom. The summed E-state index contributed by atoms with van der Waals surface area (Å²) < 4.78 is 13.6. The maximum atomic E-state index is 13.6. The molecule has 0 amide bonds. The van der Waals surface area contributed by atoms with Crippen LogP contribution < -0.4 is 10.6 Å². The lowest BCUT2D eigenvalue weighted by atomic mass is 10.1. The Morgan fingerprint density at radius 2 is 2.31 bits per heavy atom. The van der Waals surface area contributed by atoms with Crippen LogP contribution in [0.1, 0.15) is 12.8 Å².